The third-order valence-electron chi connectivity index (χ3n) is 3.59. The molecule has 0 saturated heterocycles. The highest BCUT2D eigenvalue weighted by molar-refractivity contribution is 5.80. The highest BCUT2D eigenvalue weighted by Crippen LogP contribution is 2.15. The third kappa shape index (κ3) is 5.84. The number of ether oxygens (including phenoxy) is 2. The van der Waals surface area contributed by atoms with Gasteiger partial charge in [-0.2, -0.15) is 0 Å². The normalized spacial score (nSPS) is 11.4. The Labute approximate surface area is 146 Å². The van der Waals surface area contributed by atoms with Gasteiger partial charge in [0.05, 0.1) is 13.5 Å². The zero-order chi connectivity index (χ0) is 18.2. The first-order valence-corrected chi connectivity index (χ1v) is 7.86. The number of amides is 1. The minimum absolute atomic E-state index is 0.0435. The summed E-state index contributed by atoms with van der Waals surface area (Å²) in [6.07, 6.45) is -0.707. The molecule has 0 spiro atoms. The summed E-state index contributed by atoms with van der Waals surface area (Å²) in [6, 6.07) is 14.1. The molecule has 0 saturated carbocycles. The van der Waals surface area contributed by atoms with E-state index in [0.717, 1.165) is 11.3 Å². The summed E-state index contributed by atoms with van der Waals surface area (Å²) in [7, 11) is 1.60. The number of carbonyl (C=O) groups is 2. The van der Waals surface area contributed by atoms with Crippen LogP contribution in [-0.2, 0) is 22.6 Å². The van der Waals surface area contributed by atoms with Crippen LogP contribution in [0.3, 0.4) is 0 Å². The maximum Gasteiger partial charge on any atom is 0.307 e. The van der Waals surface area contributed by atoms with E-state index in [2.05, 4.69) is 5.32 Å². The number of benzene rings is 2. The Hall–Kier alpha value is -3.02. The summed E-state index contributed by atoms with van der Waals surface area (Å²) in [5.74, 6) is 0.157. The maximum absolute atomic E-state index is 12.1. The van der Waals surface area contributed by atoms with E-state index in [0.29, 0.717) is 17.9 Å². The second-order valence-electron chi connectivity index (χ2n) is 5.54. The van der Waals surface area contributed by atoms with Crippen LogP contribution in [-0.4, -0.2) is 30.2 Å². The number of rotatable bonds is 8. The van der Waals surface area contributed by atoms with Crippen LogP contribution < -0.4 is 14.8 Å². The predicted octanol–water partition coefficient (Wildman–Crippen LogP) is 2.41. The van der Waals surface area contributed by atoms with Crippen LogP contribution in [0.5, 0.6) is 11.5 Å². The van der Waals surface area contributed by atoms with Crippen LogP contribution >= 0.6 is 0 Å². The number of carbonyl (C=O) groups excluding carboxylic acids is 1. The Balaban J connectivity index is 1.83. The highest BCUT2D eigenvalue weighted by Gasteiger charge is 2.14. The standard InChI is InChI=1S/C19H21NO5/c1-13(25-17-9-3-14(4-10-17)11-18(21)22)19(23)20-12-15-5-7-16(24-2)8-6-15/h3-10,13H,11-12H2,1-2H3,(H,20,23)(H,21,22)/t13-/m0/s1. The van der Waals surface area contributed by atoms with E-state index in [4.69, 9.17) is 14.6 Å². The Morgan fingerprint density at radius 2 is 1.56 bits per heavy atom. The molecule has 1 atom stereocenters. The van der Waals surface area contributed by atoms with E-state index >= 15 is 0 Å². The molecule has 0 aliphatic rings. The molecule has 25 heavy (non-hydrogen) atoms. The molecule has 0 unspecified atom stereocenters. The fourth-order valence-corrected chi connectivity index (χ4v) is 2.19. The van der Waals surface area contributed by atoms with Gasteiger partial charge in [0.15, 0.2) is 6.10 Å². The molecule has 6 heteroatoms. The van der Waals surface area contributed by atoms with Gasteiger partial charge in [-0.15, -0.1) is 0 Å². The minimum Gasteiger partial charge on any atom is -0.497 e. The molecule has 0 fully saturated rings. The molecule has 0 aliphatic heterocycles. The maximum atomic E-state index is 12.1. The Morgan fingerprint density at radius 1 is 1.00 bits per heavy atom. The Bertz CT molecular complexity index is 710. The van der Waals surface area contributed by atoms with E-state index in [1.54, 1.807) is 38.3 Å². The highest BCUT2D eigenvalue weighted by atomic mass is 16.5. The summed E-state index contributed by atoms with van der Waals surface area (Å²) >= 11 is 0. The molecule has 0 radical (unpaired) electrons. The molecule has 132 valence electrons. The molecule has 0 aliphatic carbocycles. The smallest absolute Gasteiger partial charge is 0.307 e. The average molecular weight is 343 g/mol. The predicted molar refractivity (Wildman–Crippen MR) is 92.7 cm³/mol. The van der Waals surface area contributed by atoms with Crippen molar-refractivity contribution in [1.29, 1.82) is 0 Å². The Morgan fingerprint density at radius 3 is 2.12 bits per heavy atom. The van der Waals surface area contributed by atoms with Gasteiger partial charge < -0.3 is 19.9 Å². The van der Waals surface area contributed by atoms with Crippen molar-refractivity contribution >= 4 is 11.9 Å². The number of carboxylic acids is 1. The second-order valence-corrected chi connectivity index (χ2v) is 5.54. The first-order chi connectivity index (χ1) is 12.0. The number of aliphatic carboxylic acids is 1. The molecule has 0 bridgehead atoms. The third-order valence-corrected chi connectivity index (χ3v) is 3.59. The van der Waals surface area contributed by atoms with E-state index in [1.165, 1.54) is 0 Å². The number of carboxylic acid groups (broad SMARTS) is 1. The van der Waals surface area contributed by atoms with Gasteiger partial charge in [0.25, 0.3) is 5.91 Å². The van der Waals surface area contributed by atoms with Gasteiger partial charge >= 0.3 is 5.97 Å². The van der Waals surface area contributed by atoms with Crippen molar-refractivity contribution in [3.63, 3.8) is 0 Å². The van der Waals surface area contributed by atoms with Crippen LogP contribution in [0.15, 0.2) is 48.5 Å². The van der Waals surface area contributed by atoms with Crippen molar-refractivity contribution in [2.24, 2.45) is 0 Å². The number of methoxy groups -OCH3 is 1. The van der Waals surface area contributed by atoms with Crippen LogP contribution in [0.25, 0.3) is 0 Å². The van der Waals surface area contributed by atoms with Crippen molar-refractivity contribution in [3.8, 4) is 11.5 Å². The van der Waals surface area contributed by atoms with Gasteiger partial charge in [0.2, 0.25) is 0 Å². The van der Waals surface area contributed by atoms with E-state index in [1.807, 2.05) is 24.3 Å². The lowest BCUT2D eigenvalue weighted by molar-refractivity contribution is -0.136. The Kier molecular flexibility index (Phi) is 6.39. The monoisotopic (exact) mass is 343 g/mol. The van der Waals surface area contributed by atoms with Gasteiger partial charge in [-0.05, 0) is 42.3 Å². The molecular formula is C19H21NO5. The quantitative estimate of drug-likeness (QED) is 0.769. The number of hydrogen-bond acceptors (Lipinski definition) is 4. The summed E-state index contributed by atoms with van der Waals surface area (Å²) in [4.78, 5) is 22.8. The lowest BCUT2D eigenvalue weighted by Crippen LogP contribution is -2.35. The van der Waals surface area contributed by atoms with Gasteiger partial charge in [-0.25, -0.2) is 0 Å². The number of nitrogens with one attached hydrogen (secondary N) is 1. The van der Waals surface area contributed by atoms with Crippen molar-refractivity contribution < 1.29 is 24.2 Å². The van der Waals surface area contributed by atoms with E-state index < -0.39 is 12.1 Å². The van der Waals surface area contributed by atoms with Crippen LogP contribution in [0.2, 0.25) is 0 Å². The van der Waals surface area contributed by atoms with Gasteiger partial charge in [0, 0.05) is 6.54 Å². The zero-order valence-electron chi connectivity index (χ0n) is 14.2. The summed E-state index contributed by atoms with van der Waals surface area (Å²) in [5, 5.41) is 11.6. The zero-order valence-corrected chi connectivity index (χ0v) is 14.2. The molecule has 2 aromatic carbocycles. The molecular weight excluding hydrogens is 322 g/mol. The molecule has 2 N–H and O–H groups in total. The lowest BCUT2D eigenvalue weighted by Gasteiger charge is -2.15. The van der Waals surface area contributed by atoms with Crippen molar-refractivity contribution in [2.75, 3.05) is 7.11 Å². The van der Waals surface area contributed by atoms with Gasteiger partial charge in [-0.1, -0.05) is 24.3 Å². The molecule has 0 aromatic heterocycles. The van der Waals surface area contributed by atoms with Crippen LogP contribution in [0.1, 0.15) is 18.1 Å². The summed E-state index contributed by atoms with van der Waals surface area (Å²) in [5.41, 5.74) is 1.64. The SMILES string of the molecule is COc1ccc(CNC(=O)[C@H](C)Oc2ccc(CC(=O)O)cc2)cc1. The molecule has 6 nitrogen and oxygen atoms in total. The van der Waals surface area contributed by atoms with Crippen molar-refractivity contribution in [1.82, 2.24) is 5.32 Å². The largest absolute Gasteiger partial charge is 0.497 e. The van der Waals surface area contributed by atoms with Gasteiger partial charge in [0.1, 0.15) is 11.5 Å². The molecule has 2 rings (SSSR count). The van der Waals surface area contributed by atoms with Crippen LogP contribution in [0.4, 0.5) is 0 Å². The first kappa shape index (κ1) is 18.3. The summed E-state index contributed by atoms with van der Waals surface area (Å²) in [6.45, 7) is 2.06. The van der Waals surface area contributed by atoms with E-state index in [9.17, 15) is 9.59 Å². The number of hydrogen-bond donors (Lipinski definition) is 2. The summed E-state index contributed by atoms with van der Waals surface area (Å²) < 4.78 is 10.7. The van der Waals surface area contributed by atoms with Crippen LogP contribution in [0, 0.1) is 0 Å². The fraction of sp³-hybridized carbons (Fsp3) is 0.263. The second kappa shape index (κ2) is 8.73. The first-order valence-electron chi connectivity index (χ1n) is 7.86. The molecule has 0 heterocycles. The topological polar surface area (TPSA) is 84.9 Å². The fourth-order valence-electron chi connectivity index (χ4n) is 2.19. The molecule has 1 amide bonds. The minimum atomic E-state index is -0.889. The van der Waals surface area contributed by atoms with Crippen molar-refractivity contribution in [2.45, 2.75) is 26.0 Å². The van der Waals surface area contributed by atoms with Gasteiger partial charge in [-0.3, -0.25) is 9.59 Å². The van der Waals surface area contributed by atoms with E-state index in [-0.39, 0.29) is 12.3 Å². The average Bonchev–Trinajstić information content (AvgIpc) is 2.61. The lowest BCUT2D eigenvalue weighted by atomic mass is 10.1. The molecule has 2 aromatic rings. The van der Waals surface area contributed by atoms with Crippen molar-refractivity contribution in [3.05, 3.63) is 59.7 Å².